The van der Waals surface area contributed by atoms with Gasteiger partial charge >= 0.3 is 12.1 Å². The number of nitrogens with zero attached hydrogens (tertiary/aromatic N) is 3. The molecule has 1 unspecified atom stereocenters. The summed E-state index contributed by atoms with van der Waals surface area (Å²) in [7, 11) is 0. The molecule has 0 aliphatic carbocycles. The van der Waals surface area contributed by atoms with E-state index in [-0.39, 0.29) is 29.3 Å². The van der Waals surface area contributed by atoms with Crippen molar-refractivity contribution in [3.63, 3.8) is 0 Å². The number of carbonyl (C=O) groups excluding carboxylic acids is 2. The van der Waals surface area contributed by atoms with Gasteiger partial charge in [-0.25, -0.2) is 24.5 Å². The van der Waals surface area contributed by atoms with E-state index in [0.717, 1.165) is 32.2 Å². The number of aromatic nitrogens is 3. The fourth-order valence-electron chi connectivity index (χ4n) is 3.53. The second-order valence-corrected chi connectivity index (χ2v) is 13.5. The van der Waals surface area contributed by atoms with Crippen LogP contribution in [0.2, 0.25) is 0 Å². The molecule has 9 nitrogen and oxygen atoms in total. The molecule has 200 valence electrons. The summed E-state index contributed by atoms with van der Waals surface area (Å²) in [4.78, 5) is 38.4. The summed E-state index contributed by atoms with van der Waals surface area (Å²) in [6.45, 7) is 11.7. The molecule has 0 spiro atoms. The lowest BCUT2D eigenvalue weighted by atomic mass is 10.1. The number of alkyl carbamates (subject to hydrolysis) is 1. The molecule has 4 heterocycles. The molecule has 4 rings (SSSR count). The molecule has 0 radical (unpaired) electrons. The molecule has 1 amide bonds. The van der Waals surface area contributed by atoms with Gasteiger partial charge < -0.3 is 14.8 Å². The quantitative estimate of drug-likeness (QED) is 0.300. The van der Waals surface area contributed by atoms with Crippen LogP contribution in [-0.2, 0) is 9.47 Å². The van der Waals surface area contributed by atoms with E-state index in [9.17, 15) is 9.59 Å². The Kier molecular flexibility index (Phi) is 8.89. The largest absolute Gasteiger partial charge is 0.461 e. The number of carbonyl (C=O) groups is 2. The third-order valence-corrected chi connectivity index (χ3v) is 9.23. The van der Waals surface area contributed by atoms with Crippen molar-refractivity contribution in [3.05, 3.63) is 37.5 Å². The fraction of sp³-hybridized carbons (Fsp3) is 0.542. The topological polar surface area (TPSA) is 115 Å². The highest BCUT2D eigenvalue weighted by molar-refractivity contribution is 7.99. The van der Waals surface area contributed by atoms with E-state index in [1.807, 2.05) is 45.4 Å². The van der Waals surface area contributed by atoms with Gasteiger partial charge in [-0.1, -0.05) is 13.8 Å². The van der Waals surface area contributed by atoms with Crippen LogP contribution in [0.1, 0.15) is 85.2 Å². The Morgan fingerprint density at radius 2 is 1.92 bits per heavy atom. The van der Waals surface area contributed by atoms with Crippen molar-refractivity contribution in [2.75, 3.05) is 12.4 Å². The minimum atomic E-state index is -0.565. The Hall–Kier alpha value is -2.06. The van der Waals surface area contributed by atoms with Crippen LogP contribution in [0.15, 0.2) is 16.1 Å². The number of thiazole rings is 3. The molecule has 1 aliphatic heterocycles. The number of amides is 1. The summed E-state index contributed by atoms with van der Waals surface area (Å²) in [6.07, 6.45) is -0.451. The first-order valence-electron chi connectivity index (χ1n) is 11.9. The van der Waals surface area contributed by atoms with Crippen molar-refractivity contribution in [1.29, 1.82) is 0 Å². The highest BCUT2D eigenvalue weighted by Gasteiger charge is 2.31. The van der Waals surface area contributed by atoms with Crippen molar-refractivity contribution >= 4 is 57.8 Å². The molecule has 3 aromatic rings. The lowest BCUT2D eigenvalue weighted by Gasteiger charge is -2.24. The standard InChI is InChI=1S/C24H31N5O4S4/c1-7-32-22(30)16-11-36-20(28-16)14-9-34-18(26-14)13-8-35-19(25-13)15-10-37-21(27-15)17(12(2)3)29-23(31)33-24(4,5)6/h8,10-12,14,17-18,26H,7,9H2,1-6H3,(H,29,31)/t14-,17-,18?/m0/s1. The third-order valence-electron chi connectivity index (χ3n) is 5.22. The molecule has 1 fully saturated rings. The Bertz CT molecular complexity index is 1230. The van der Waals surface area contributed by atoms with Crippen LogP contribution in [0.4, 0.5) is 4.79 Å². The maximum absolute atomic E-state index is 12.4. The molecule has 3 aromatic heterocycles. The molecule has 0 aromatic carbocycles. The van der Waals surface area contributed by atoms with Crippen molar-refractivity contribution in [1.82, 2.24) is 25.6 Å². The third kappa shape index (κ3) is 7.08. The smallest absolute Gasteiger partial charge is 0.408 e. The molecule has 3 atom stereocenters. The van der Waals surface area contributed by atoms with E-state index in [0.29, 0.717) is 12.3 Å². The van der Waals surface area contributed by atoms with Crippen LogP contribution >= 0.6 is 45.8 Å². The van der Waals surface area contributed by atoms with Gasteiger partial charge in [-0.15, -0.1) is 45.8 Å². The summed E-state index contributed by atoms with van der Waals surface area (Å²) < 4.78 is 10.5. The van der Waals surface area contributed by atoms with Crippen LogP contribution < -0.4 is 10.6 Å². The molecule has 0 saturated carbocycles. The van der Waals surface area contributed by atoms with Gasteiger partial charge in [0.2, 0.25) is 0 Å². The second kappa shape index (κ2) is 11.8. The van der Waals surface area contributed by atoms with Crippen LogP contribution in [0, 0.1) is 5.92 Å². The van der Waals surface area contributed by atoms with Crippen molar-refractivity contribution < 1.29 is 19.1 Å². The lowest BCUT2D eigenvalue weighted by Crippen LogP contribution is -2.36. The van der Waals surface area contributed by atoms with Crippen LogP contribution in [0.5, 0.6) is 0 Å². The number of ether oxygens (including phenoxy) is 2. The van der Waals surface area contributed by atoms with Gasteiger partial charge in [0.1, 0.15) is 26.3 Å². The highest BCUT2D eigenvalue weighted by atomic mass is 32.2. The summed E-state index contributed by atoms with van der Waals surface area (Å²) >= 11 is 6.28. The zero-order valence-corrected chi connectivity index (χ0v) is 24.8. The Labute approximate surface area is 232 Å². The van der Waals surface area contributed by atoms with Crippen molar-refractivity contribution in [2.24, 2.45) is 5.92 Å². The molecular weight excluding hydrogens is 551 g/mol. The zero-order valence-electron chi connectivity index (χ0n) is 21.6. The summed E-state index contributed by atoms with van der Waals surface area (Å²) in [5.74, 6) is 0.588. The highest BCUT2D eigenvalue weighted by Crippen LogP contribution is 2.41. The molecular formula is C24H31N5O4S4. The summed E-state index contributed by atoms with van der Waals surface area (Å²) in [5.41, 5.74) is 1.53. The van der Waals surface area contributed by atoms with E-state index in [1.54, 1.807) is 35.4 Å². The average Bonchev–Trinajstić information content (AvgIpc) is 3.61. The second-order valence-electron chi connectivity index (χ2n) is 9.74. The van der Waals surface area contributed by atoms with E-state index in [2.05, 4.69) is 15.6 Å². The first-order valence-corrected chi connectivity index (χ1v) is 15.6. The average molecular weight is 582 g/mol. The number of thioether (sulfide) groups is 1. The zero-order chi connectivity index (χ0) is 26.7. The Morgan fingerprint density at radius 1 is 1.14 bits per heavy atom. The van der Waals surface area contributed by atoms with Crippen molar-refractivity contribution in [2.45, 2.75) is 64.6 Å². The van der Waals surface area contributed by atoms with Gasteiger partial charge in [0.05, 0.1) is 29.8 Å². The maximum atomic E-state index is 12.4. The number of rotatable bonds is 8. The minimum absolute atomic E-state index is 0.0281. The molecule has 1 aliphatic rings. The normalized spacial score (nSPS) is 18.7. The first-order chi connectivity index (χ1) is 17.5. The van der Waals surface area contributed by atoms with Gasteiger partial charge in [-0.2, -0.15) is 0 Å². The van der Waals surface area contributed by atoms with Gasteiger partial charge in [0.25, 0.3) is 0 Å². The summed E-state index contributed by atoms with van der Waals surface area (Å²) in [6, 6.07) is -0.205. The SMILES string of the molecule is CCOC(=O)c1csc([C@@H]2CSC(c3csc(-c4csc([C@@H](NC(=O)OC(C)(C)C)C(C)C)n4)n3)N2)n1. The maximum Gasteiger partial charge on any atom is 0.408 e. The Balaban J connectivity index is 1.41. The van der Waals surface area contributed by atoms with Gasteiger partial charge in [-0.3, -0.25) is 5.32 Å². The predicted molar refractivity (Wildman–Crippen MR) is 149 cm³/mol. The van der Waals surface area contributed by atoms with Crippen LogP contribution in [-0.4, -0.2) is 45.0 Å². The molecule has 2 N–H and O–H groups in total. The number of nitrogens with one attached hydrogen (secondary N) is 2. The van der Waals surface area contributed by atoms with E-state index >= 15 is 0 Å². The monoisotopic (exact) mass is 581 g/mol. The van der Waals surface area contributed by atoms with Crippen LogP contribution in [0.25, 0.3) is 10.7 Å². The fourth-order valence-corrected chi connectivity index (χ4v) is 7.67. The molecule has 13 heteroatoms. The minimum Gasteiger partial charge on any atom is -0.461 e. The van der Waals surface area contributed by atoms with Gasteiger partial charge in [0.15, 0.2) is 5.69 Å². The molecule has 0 bridgehead atoms. The first kappa shape index (κ1) is 28.0. The number of esters is 1. The van der Waals surface area contributed by atoms with Gasteiger partial charge in [-0.05, 0) is 33.6 Å². The van der Waals surface area contributed by atoms with Crippen LogP contribution in [0.3, 0.4) is 0 Å². The van der Waals surface area contributed by atoms with E-state index < -0.39 is 11.7 Å². The Morgan fingerprint density at radius 3 is 2.62 bits per heavy atom. The summed E-state index contributed by atoms with van der Waals surface area (Å²) in [5, 5.41) is 14.9. The number of hydrogen-bond donors (Lipinski definition) is 2. The van der Waals surface area contributed by atoms with E-state index in [1.165, 1.54) is 22.7 Å². The van der Waals surface area contributed by atoms with Crippen molar-refractivity contribution in [3.8, 4) is 10.7 Å². The number of hydrogen-bond acceptors (Lipinski definition) is 12. The molecule has 1 saturated heterocycles. The van der Waals surface area contributed by atoms with E-state index in [4.69, 9.17) is 19.4 Å². The molecule has 37 heavy (non-hydrogen) atoms. The lowest BCUT2D eigenvalue weighted by molar-refractivity contribution is 0.0486. The predicted octanol–water partition coefficient (Wildman–Crippen LogP) is 6.20. The van der Waals surface area contributed by atoms with Gasteiger partial charge in [0, 0.05) is 21.9 Å².